The molecule has 0 saturated carbocycles. The summed E-state index contributed by atoms with van der Waals surface area (Å²) in [6.07, 6.45) is 4.25. The summed E-state index contributed by atoms with van der Waals surface area (Å²) in [7, 11) is 0. The van der Waals surface area contributed by atoms with Gasteiger partial charge < -0.3 is 0 Å². The Balaban J connectivity index is 2.57. The van der Waals surface area contributed by atoms with Crippen LogP contribution in [-0.2, 0) is 0 Å². The summed E-state index contributed by atoms with van der Waals surface area (Å²) in [5.74, 6) is -0.109. The van der Waals surface area contributed by atoms with E-state index in [4.69, 9.17) is 0 Å². The first-order valence-electron chi connectivity index (χ1n) is 2.26. The van der Waals surface area contributed by atoms with E-state index in [1.165, 1.54) is 6.20 Å². The summed E-state index contributed by atoms with van der Waals surface area (Å²) >= 11 is 0. The Hall–Kier alpha value is -0.660. The second-order valence-electron chi connectivity index (χ2n) is 1.45. The molecule has 2 heteroatoms. The van der Waals surface area contributed by atoms with Crippen molar-refractivity contribution in [1.82, 2.24) is 0 Å². The van der Waals surface area contributed by atoms with Crippen molar-refractivity contribution in [3.05, 3.63) is 12.0 Å². The molecule has 0 spiro atoms. The average Bonchev–Trinajstić information content (AvgIpc) is 1.69. The molecule has 0 saturated heterocycles. The van der Waals surface area contributed by atoms with Crippen molar-refractivity contribution in [2.75, 3.05) is 0 Å². The fraction of sp³-hybridized carbons (Fsp3) is 0.400. The summed E-state index contributed by atoms with van der Waals surface area (Å²) in [5, 5.41) is 0. The molecule has 0 atom stereocenters. The predicted molar refractivity (Wildman–Crippen MR) is 26.9 cm³/mol. The summed E-state index contributed by atoms with van der Waals surface area (Å²) in [4.78, 5) is 3.60. The fourth-order valence-electron chi connectivity index (χ4n) is 0.475. The molecule has 0 aliphatic carbocycles. The van der Waals surface area contributed by atoms with Crippen LogP contribution in [0.1, 0.15) is 12.8 Å². The topological polar surface area (TPSA) is 12.4 Å². The minimum absolute atomic E-state index is 0.109. The van der Waals surface area contributed by atoms with Crippen LogP contribution in [0, 0.1) is 0 Å². The third kappa shape index (κ3) is 1.11. The molecule has 1 rings (SSSR count). The predicted octanol–water partition coefficient (Wildman–Crippen LogP) is 1.66. The monoisotopic (exact) mass is 99.0 g/mol. The lowest BCUT2D eigenvalue weighted by atomic mass is 10.3. The Kier molecular flexibility index (Phi) is 1.20. The Labute approximate surface area is 41.6 Å². The summed E-state index contributed by atoms with van der Waals surface area (Å²) in [6, 6.07) is 0. The smallest absolute Gasteiger partial charge is 0.118 e. The Morgan fingerprint density at radius 3 is 2.86 bits per heavy atom. The molecule has 1 heterocycles. The van der Waals surface area contributed by atoms with Gasteiger partial charge in [-0.05, 0) is 6.42 Å². The molecule has 0 bridgehead atoms. The molecule has 0 aromatic heterocycles. The molecule has 0 aromatic carbocycles. The van der Waals surface area contributed by atoms with Crippen molar-refractivity contribution in [2.45, 2.75) is 12.8 Å². The standard InChI is InChI=1S/C5H6FN/c6-5-2-1-3-7-4-5/h3-4H,1-2H2. The fourth-order valence-corrected chi connectivity index (χ4v) is 0.475. The summed E-state index contributed by atoms with van der Waals surface area (Å²) in [5.41, 5.74) is 0. The van der Waals surface area contributed by atoms with E-state index in [-0.39, 0.29) is 5.83 Å². The van der Waals surface area contributed by atoms with Crippen molar-refractivity contribution in [3.63, 3.8) is 0 Å². The summed E-state index contributed by atoms with van der Waals surface area (Å²) in [6.45, 7) is 0. The summed E-state index contributed by atoms with van der Waals surface area (Å²) < 4.78 is 11.9. The van der Waals surface area contributed by atoms with E-state index in [0.717, 1.165) is 6.42 Å². The molecule has 0 fully saturated rings. The largest absolute Gasteiger partial charge is 0.266 e. The number of rotatable bonds is 0. The zero-order chi connectivity index (χ0) is 5.11. The first-order valence-corrected chi connectivity index (χ1v) is 2.26. The first-order chi connectivity index (χ1) is 3.39. The van der Waals surface area contributed by atoms with Crippen LogP contribution < -0.4 is 0 Å². The third-order valence-corrected chi connectivity index (χ3v) is 0.832. The van der Waals surface area contributed by atoms with Gasteiger partial charge in [-0.15, -0.1) is 0 Å². The highest BCUT2D eigenvalue weighted by Crippen LogP contribution is 2.08. The van der Waals surface area contributed by atoms with Gasteiger partial charge in [-0.1, -0.05) is 0 Å². The van der Waals surface area contributed by atoms with Gasteiger partial charge >= 0.3 is 0 Å². The normalized spacial score (nSPS) is 19.3. The van der Waals surface area contributed by atoms with Gasteiger partial charge in [0.1, 0.15) is 5.83 Å². The minimum Gasteiger partial charge on any atom is -0.266 e. The molecule has 0 aromatic rings. The Morgan fingerprint density at radius 1 is 1.71 bits per heavy atom. The molecule has 0 radical (unpaired) electrons. The van der Waals surface area contributed by atoms with Crippen LogP contribution in [0.5, 0.6) is 0 Å². The molecule has 0 N–H and O–H groups in total. The van der Waals surface area contributed by atoms with E-state index in [1.54, 1.807) is 6.21 Å². The lowest BCUT2D eigenvalue weighted by Crippen LogP contribution is -1.82. The quantitative estimate of drug-likeness (QED) is 0.438. The number of halogens is 1. The third-order valence-electron chi connectivity index (χ3n) is 0.832. The number of hydrogen-bond acceptors (Lipinski definition) is 1. The maximum atomic E-state index is 11.9. The van der Waals surface area contributed by atoms with Crippen LogP contribution >= 0.6 is 0 Å². The molecule has 1 nitrogen and oxygen atoms in total. The molecule has 1 aliphatic rings. The SMILES string of the molecule is FC1=CN=CCC1. The van der Waals surface area contributed by atoms with Gasteiger partial charge in [-0.25, -0.2) is 4.39 Å². The van der Waals surface area contributed by atoms with Crippen LogP contribution in [0.2, 0.25) is 0 Å². The molecule has 0 amide bonds. The maximum absolute atomic E-state index is 11.9. The average molecular weight is 99.1 g/mol. The molecule has 38 valence electrons. The number of aliphatic imine (C=N–C) groups is 1. The van der Waals surface area contributed by atoms with Crippen LogP contribution in [-0.4, -0.2) is 6.21 Å². The van der Waals surface area contributed by atoms with Crippen LogP contribution in [0.25, 0.3) is 0 Å². The van der Waals surface area contributed by atoms with Gasteiger partial charge in [0.15, 0.2) is 0 Å². The maximum Gasteiger partial charge on any atom is 0.118 e. The number of allylic oxidation sites excluding steroid dienone is 1. The van der Waals surface area contributed by atoms with E-state index in [9.17, 15) is 4.39 Å². The second kappa shape index (κ2) is 1.87. The van der Waals surface area contributed by atoms with Gasteiger partial charge in [0.05, 0.1) is 6.20 Å². The van der Waals surface area contributed by atoms with Crippen LogP contribution in [0.15, 0.2) is 17.0 Å². The van der Waals surface area contributed by atoms with Crippen molar-refractivity contribution < 1.29 is 4.39 Å². The van der Waals surface area contributed by atoms with Crippen molar-refractivity contribution >= 4 is 6.21 Å². The van der Waals surface area contributed by atoms with E-state index < -0.39 is 0 Å². The van der Waals surface area contributed by atoms with E-state index in [0.29, 0.717) is 6.42 Å². The van der Waals surface area contributed by atoms with Gasteiger partial charge in [0.25, 0.3) is 0 Å². The highest BCUT2D eigenvalue weighted by atomic mass is 19.1. The molecule has 0 unspecified atom stereocenters. The number of nitrogens with zero attached hydrogens (tertiary/aromatic N) is 1. The lowest BCUT2D eigenvalue weighted by Gasteiger charge is -1.94. The second-order valence-corrected chi connectivity index (χ2v) is 1.45. The number of hydrogen-bond donors (Lipinski definition) is 0. The Bertz CT molecular complexity index is 115. The van der Waals surface area contributed by atoms with Crippen molar-refractivity contribution in [2.24, 2.45) is 4.99 Å². The highest BCUT2D eigenvalue weighted by Gasteiger charge is 1.94. The van der Waals surface area contributed by atoms with Gasteiger partial charge in [0.2, 0.25) is 0 Å². The molecular formula is C5H6FN. The van der Waals surface area contributed by atoms with Gasteiger partial charge in [0, 0.05) is 12.6 Å². The van der Waals surface area contributed by atoms with Crippen molar-refractivity contribution in [1.29, 1.82) is 0 Å². The Morgan fingerprint density at radius 2 is 2.57 bits per heavy atom. The van der Waals surface area contributed by atoms with Crippen LogP contribution in [0.4, 0.5) is 4.39 Å². The molecular weight excluding hydrogens is 93.1 g/mol. The zero-order valence-electron chi connectivity index (χ0n) is 3.89. The van der Waals surface area contributed by atoms with Crippen molar-refractivity contribution in [3.8, 4) is 0 Å². The highest BCUT2D eigenvalue weighted by molar-refractivity contribution is 5.59. The zero-order valence-corrected chi connectivity index (χ0v) is 3.89. The first kappa shape index (κ1) is 4.50. The van der Waals surface area contributed by atoms with E-state index in [2.05, 4.69) is 4.99 Å². The van der Waals surface area contributed by atoms with Crippen LogP contribution in [0.3, 0.4) is 0 Å². The molecule has 7 heavy (non-hydrogen) atoms. The van der Waals surface area contributed by atoms with Gasteiger partial charge in [-0.2, -0.15) is 0 Å². The van der Waals surface area contributed by atoms with Gasteiger partial charge in [-0.3, -0.25) is 4.99 Å². The minimum atomic E-state index is -0.109. The van der Waals surface area contributed by atoms with E-state index >= 15 is 0 Å². The molecule has 1 aliphatic heterocycles. The lowest BCUT2D eigenvalue weighted by molar-refractivity contribution is 0.589. The van der Waals surface area contributed by atoms with E-state index in [1.807, 2.05) is 0 Å².